The topological polar surface area (TPSA) is 72.7 Å². The van der Waals surface area contributed by atoms with Crippen LogP contribution in [-0.2, 0) is 11.2 Å². The van der Waals surface area contributed by atoms with Crippen molar-refractivity contribution in [1.29, 1.82) is 0 Å². The van der Waals surface area contributed by atoms with Crippen molar-refractivity contribution >= 4 is 22.4 Å². The number of aromatic nitrogens is 4. The van der Waals surface area contributed by atoms with Gasteiger partial charge in [-0.3, -0.25) is 9.78 Å². The van der Waals surface area contributed by atoms with E-state index >= 15 is 0 Å². The number of rotatable bonds is 6. The van der Waals surface area contributed by atoms with Gasteiger partial charge in [-0.1, -0.05) is 12.1 Å². The van der Waals surface area contributed by atoms with Crippen LogP contribution in [0.1, 0.15) is 23.4 Å². The zero-order valence-electron chi connectivity index (χ0n) is 16.3. The fraction of sp³-hybridized carbons (Fsp3) is 0.182. The van der Waals surface area contributed by atoms with Gasteiger partial charge in [0, 0.05) is 35.5 Å². The van der Waals surface area contributed by atoms with Crippen LogP contribution >= 0.6 is 11.3 Å². The molecule has 0 saturated carbocycles. The van der Waals surface area contributed by atoms with Gasteiger partial charge < -0.3 is 5.32 Å². The van der Waals surface area contributed by atoms with Gasteiger partial charge in [-0.2, -0.15) is 5.10 Å². The highest BCUT2D eigenvalue weighted by Gasteiger charge is 2.09. The SMILES string of the molecule is Cc1cc(C)n(-c2ccc(CCC(=O)Nc3nc(-c4cccnc4)cs3)cc2)n1. The van der Waals surface area contributed by atoms with E-state index in [2.05, 4.69) is 26.4 Å². The summed E-state index contributed by atoms with van der Waals surface area (Å²) in [4.78, 5) is 20.9. The highest BCUT2D eigenvalue weighted by Crippen LogP contribution is 2.24. The number of carbonyl (C=O) groups is 1. The molecule has 3 heterocycles. The lowest BCUT2D eigenvalue weighted by atomic mass is 10.1. The molecule has 4 aromatic rings. The summed E-state index contributed by atoms with van der Waals surface area (Å²) in [6.07, 6.45) is 4.56. The molecule has 0 bridgehead atoms. The molecule has 0 atom stereocenters. The summed E-state index contributed by atoms with van der Waals surface area (Å²) in [5.41, 5.74) is 5.99. The molecule has 1 aromatic carbocycles. The van der Waals surface area contributed by atoms with Gasteiger partial charge in [0.25, 0.3) is 0 Å². The zero-order chi connectivity index (χ0) is 20.2. The minimum atomic E-state index is -0.0419. The predicted octanol–water partition coefficient (Wildman–Crippen LogP) is 4.58. The Labute approximate surface area is 173 Å². The van der Waals surface area contributed by atoms with E-state index in [-0.39, 0.29) is 5.91 Å². The van der Waals surface area contributed by atoms with Gasteiger partial charge in [-0.15, -0.1) is 11.3 Å². The molecule has 0 aliphatic heterocycles. The Bertz CT molecular complexity index is 1120. The van der Waals surface area contributed by atoms with Gasteiger partial charge in [-0.05, 0) is 56.2 Å². The molecule has 1 N–H and O–H groups in total. The number of carbonyl (C=O) groups excluding carboxylic acids is 1. The van der Waals surface area contributed by atoms with Gasteiger partial charge in [-0.25, -0.2) is 9.67 Å². The Hall–Kier alpha value is -3.32. The maximum absolute atomic E-state index is 12.3. The highest BCUT2D eigenvalue weighted by atomic mass is 32.1. The van der Waals surface area contributed by atoms with Crippen LogP contribution in [-0.4, -0.2) is 25.7 Å². The van der Waals surface area contributed by atoms with E-state index in [0.29, 0.717) is 18.0 Å². The predicted molar refractivity (Wildman–Crippen MR) is 115 cm³/mol. The first kappa shape index (κ1) is 19.0. The van der Waals surface area contributed by atoms with Crippen LogP contribution in [0.4, 0.5) is 5.13 Å². The molecule has 0 fully saturated rings. The van der Waals surface area contributed by atoms with E-state index in [1.807, 2.05) is 60.3 Å². The maximum Gasteiger partial charge on any atom is 0.226 e. The first-order chi connectivity index (χ1) is 14.1. The van der Waals surface area contributed by atoms with E-state index in [9.17, 15) is 4.79 Å². The number of hydrogen-bond donors (Lipinski definition) is 1. The molecular weight excluding hydrogens is 382 g/mol. The average Bonchev–Trinajstić information content (AvgIpc) is 3.33. The summed E-state index contributed by atoms with van der Waals surface area (Å²) in [7, 11) is 0. The number of nitrogens with one attached hydrogen (secondary N) is 1. The molecule has 0 aliphatic rings. The van der Waals surface area contributed by atoms with Crippen LogP contribution in [0, 0.1) is 13.8 Å². The summed E-state index contributed by atoms with van der Waals surface area (Å²) in [6.45, 7) is 4.02. The Balaban J connectivity index is 1.33. The van der Waals surface area contributed by atoms with E-state index in [4.69, 9.17) is 0 Å². The normalized spacial score (nSPS) is 10.8. The highest BCUT2D eigenvalue weighted by molar-refractivity contribution is 7.14. The van der Waals surface area contributed by atoms with Gasteiger partial charge in [0.2, 0.25) is 5.91 Å². The second-order valence-corrected chi connectivity index (χ2v) is 7.69. The van der Waals surface area contributed by atoms with Gasteiger partial charge in [0.15, 0.2) is 5.13 Å². The van der Waals surface area contributed by atoms with E-state index < -0.39 is 0 Å². The molecule has 146 valence electrons. The van der Waals surface area contributed by atoms with Crippen molar-refractivity contribution in [3.05, 3.63) is 77.2 Å². The molecule has 1 amide bonds. The molecule has 0 unspecified atom stereocenters. The third kappa shape index (κ3) is 4.57. The lowest BCUT2D eigenvalue weighted by Crippen LogP contribution is -2.12. The second-order valence-electron chi connectivity index (χ2n) is 6.83. The van der Waals surface area contributed by atoms with Crippen LogP contribution in [0.25, 0.3) is 16.9 Å². The van der Waals surface area contributed by atoms with Crippen molar-refractivity contribution in [3.63, 3.8) is 0 Å². The molecule has 0 spiro atoms. The number of hydrogen-bond acceptors (Lipinski definition) is 5. The third-order valence-electron chi connectivity index (χ3n) is 4.54. The molecule has 0 saturated heterocycles. The molecule has 29 heavy (non-hydrogen) atoms. The molecule has 4 rings (SSSR count). The molecule has 3 aromatic heterocycles. The van der Waals surface area contributed by atoms with Crippen molar-refractivity contribution < 1.29 is 4.79 Å². The Morgan fingerprint density at radius 3 is 2.69 bits per heavy atom. The molecule has 7 heteroatoms. The average molecular weight is 404 g/mol. The van der Waals surface area contributed by atoms with Crippen LogP contribution in [0.15, 0.2) is 60.2 Å². The van der Waals surface area contributed by atoms with Gasteiger partial charge in [0.05, 0.1) is 17.1 Å². The van der Waals surface area contributed by atoms with E-state index in [0.717, 1.165) is 33.9 Å². The fourth-order valence-corrected chi connectivity index (χ4v) is 3.85. The third-order valence-corrected chi connectivity index (χ3v) is 5.30. The first-order valence-electron chi connectivity index (χ1n) is 9.37. The first-order valence-corrected chi connectivity index (χ1v) is 10.2. The number of anilines is 1. The van der Waals surface area contributed by atoms with E-state index in [1.165, 1.54) is 11.3 Å². The van der Waals surface area contributed by atoms with Gasteiger partial charge in [0.1, 0.15) is 0 Å². The summed E-state index contributed by atoms with van der Waals surface area (Å²) in [5.74, 6) is -0.0419. The standard InChI is InChI=1S/C22H21N5OS/c1-15-12-16(2)27(26-15)19-8-5-17(6-9-19)7-10-21(28)25-22-24-20(14-29-22)18-4-3-11-23-13-18/h3-6,8-9,11-14H,7,10H2,1-2H3,(H,24,25,28). The van der Waals surface area contributed by atoms with E-state index in [1.54, 1.807) is 12.4 Å². The van der Waals surface area contributed by atoms with Crippen molar-refractivity contribution in [2.45, 2.75) is 26.7 Å². The lowest BCUT2D eigenvalue weighted by molar-refractivity contribution is -0.116. The van der Waals surface area contributed by atoms with Crippen LogP contribution in [0.5, 0.6) is 0 Å². The summed E-state index contributed by atoms with van der Waals surface area (Å²) >= 11 is 1.42. The number of aryl methyl sites for hydroxylation is 3. The maximum atomic E-state index is 12.3. The van der Waals surface area contributed by atoms with Gasteiger partial charge >= 0.3 is 0 Å². The molecule has 6 nitrogen and oxygen atoms in total. The summed E-state index contributed by atoms with van der Waals surface area (Å²) in [5, 5.41) is 9.91. The summed E-state index contributed by atoms with van der Waals surface area (Å²) in [6, 6.07) is 14.0. The Morgan fingerprint density at radius 1 is 1.17 bits per heavy atom. The summed E-state index contributed by atoms with van der Waals surface area (Å²) < 4.78 is 1.92. The second kappa shape index (κ2) is 8.36. The minimum Gasteiger partial charge on any atom is -0.302 e. The zero-order valence-corrected chi connectivity index (χ0v) is 17.1. The Kier molecular flexibility index (Phi) is 5.48. The molecule has 0 radical (unpaired) electrons. The molecular formula is C22H21N5OS. The van der Waals surface area contributed by atoms with Crippen molar-refractivity contribution in [1.82, 2.24) is 19.7 Å². The van der Waals surface area contributed by atoms with Crippen LogP contribution in [0.3, 0.4) is 0 Å². The van der Waals surface area contributed by atoms with Crippen molar-refractivity contribution in [3.8, 4) is 16.9 Å². The smallest absolute Gasteiger partial charge is 0.226 e. The van der Waals surface area contributed by atoms with Crippen molar-refractivity contribution in [2.24, 2.45) is 0 Å². The quantitative estimate of drug-likeness (QED) is 0.511. The number of benzene rings is 1. The Morgan fingerprint density at radius 2 is 2.00 bits per heavy atom. The van der Waals surface area contributed by atoms with Crippen LogP contribution in [0.2, 0.25) is 0 Å². The number of pyridine rings is 1. The largest absolute Gasteiger partial charge is 0.302 e. The minimum absolute atomic E-state index is 0.0419. The number of thiazole rings is 1. The fourth-order valence-electron chi connectivity index (χ4n) is 3.11. The number of nitrogens with zero attached hydrogens (tertiary/aromatic N) is 4. The van der Waals surface area contributed by atoms with Crippen LogP contribution < -0.4 is 5.32 Å². The van der Waals surface area contributed by atoms with Crippen molar-refractivity contribution in [2.75, 3.05) is 5.32 Å². The molecule has 0 aliphatic carbocycles. The number of amides is 1. The lowest BCUT2D eigenvalue weighted by Gasteiger charge is -2.06. The monoisotopic (exact) mass is 403 g/mol.